The lowest BCUT2D eigenvalue weighted by atomic mass is 10.0. The number of benzene rings is 3. The highest BCUT2D eigenvalue weighted by Crippen LogP contribution is 2.36. The molecular formula is C26H19N5O. The van der Waals surface area contributed by atoms with Crippen LogP contribution in [0.1, 0.15) is 0 Å². The van der Waals surface area contributed by atoms with Crippen molar-refractivity contribution in [3.8, 4) is 16.9 Å². The summed E-state index contributed by atoms with van der Waals surface area (Å²) in [6.07, 6.45) is 5.38. The molecule has 3 aromatic carbocycles. The Labute approximate surface area is 183 Å². The SMILES string of the molecule is COc1cc2ncnc(Nc3ccc4[nH]ccc4c3)c2cc1-c1cnc2ccccc2c1. The van der Waals surface area contributed by atoms with Crippen molar-refractivity contribution in [3.05, 3.63) is 85.5 Å². The van der Waals surface area contributed by atoms with Gasteiger partial charge in [0.05, 0.1) is 18.1 Å². The molecule has 0 saturated heterocycles. The van der Waals surface area contributed by atoms with Crippen molar-refractivity contribution in [2.45, 2.75) is 0 Å². The van der Waals surface area contributed by atoms with Crippen LogP contribution in [-0.2, 0) is 0 Å². The largest absolute Gasteiger partial charge is 0.496 e. The molecule has 0 fully saturated rings. The number of fused-ring (bicyclic) bond motifs is 3. The third-order valence-corrected chi connectivity index (χ3v) is 5.67. The summed E-state index contributed by atoms with van der Waals surface area (Å²) in [5, 5.41) is 6.58. The number of H-pyrrole nitrogens is 1. The molecule has 0 atom stereocenters. The van der Waals surface area contributed by atoms with Gasteiger partial charge in [-0.1, -0.05) is 18.2 Å². The summed E-state index contributed by atoms with van der Waals surface area (Å²) in [7, 11) is 1.67. The number of nitrogens with zero attached hydrogens (tertiary/aromatic N) is 3. The molecule has 0 amide bonds. The second-order valence-corrected chi connectivity index (χ2v) is 7.61. The van der Waals surface area contributed by atoms with Crippen LogP contribution in [-0.4, -0.2) is 27.0 Å². The van der Waals surface area contributed by atoms with Crippen molar-refractivity contribution in [1.82, 2.24) is 19.9 Å². The molecule has 0 radical (unpaired) electrons. The summed E-state index contributed by atoms with van der Waals surface area (Å²) in [6, 6.07) is 22.4. The van der Waals surface area contributed by atoms with E-state index in [0.29, 0.717) is 0 Å². The zero-order valence-electron chi connectivity index (χ0n) is 17.3. The third kappa shape index (κ3) is 3.09. The molecule has 0 aliphatic carbocycles. The van der Waals surface area contributed by atoms with E-state index in [0.717, 1.165) is 61.1 Å². The van der Waals surface area contributed by atoms with E-state index in [-0.39, 0.29) is 0 Å². The molecule has 0 aliphatic heterocycles. The zero-order valence-corrected chi connectivity index (χ0v) is 17.3. The summed E-state index contributed by atoms with van der Waals surface area (Å²) in [5.74, 6) is 1.48. The van der Waals surface area contributed by atoms with Crippen LogP contribution in [0.3, 0.4) is 0 Å². The molecule has 154 valence electrons. The monoisotopic (exact) mass is 417 g/mol. The van der Waals surface area contributed by atoms with Crippen LogP contribution in [0.2, 0.25) is 0 Å². The molecule has 3 aromatic heterocycles. The van der Waals surface area contributed by atoms with Gasteiger partial charge in [-0.15, -0.1) is 0 Å². The number of hydrogen-bond acceptors (Lipinski definition) is 5. The van der Waals surface area contributed by atoms with Crippen LogP contribution >= 0.6 is 0 Å². The van der Waals surface area contributed by atoms with Crippen molar-refractivity contribution in [1.29, 1.82) is 0 Å². The molecule has 0 aliphatic rings. The second-order valence-electron chi connectivity index (χ2n) is 7.61. The summed E-state index contributed by atoms with van der Waals surface area (Å²) < 4.78 is 5.71. The number of nitrogens with one attached hydrogen (secondary N) is 2. The number of aromatic nitrogens is 4. The average Bonchev–Trinajstić information content (AvgIpc) is 3.31. The van der Waals surface area contributed by atoms with E-state index in [9.17, 15) is 0 Å². The summed E-state index contributed by atoms with van der Waals surface area (Å²) >= 11 is 0. The lowest BCUT2D eigenvalue weighted by molar-refractivity contribution is 0.417. The maximum atomic E-state index is 5.71. The predicted octanol–water partition coefficient (Wildman–Crippen LogP) is 6.08. The highest BCUT2D eigenvalue weighted by Gasteiger charge is 2.13. The van der Waals surface area contributed by atoms with Gasteiger partial charge in [-0.05, 0) is 42.5 Å². The maximum Gasteiger partial charge on any atom is 0.141 e. The number of rotatable bonds is 4. The first-order valence-corrected chi connectivity index (χ1v) is 10.3. The molecule has 6 nitrogen and oxygen atoms in total. The van der Waals surface area contributed by atoms with Gasteiger partial charge in [0.15, 0.2) is 0 Å². The molecule has 0 bridgehead atoms. The minimum atomic E-state index is 0.738. The van der Waals surface area contributed by atoms with E-state index >= 15 is 0 Å². The highest BCUT2D eigenvalue weighted by molar-refractivity contribution is 5.97. The van der Waals surface area contributed by atoms with E-state index in [1.807, 2.05) is 48.8 Å². The number of hydrogen-bond donors (Lipinski definition) is 2. The van der Waals surface area contributed by atoms with Gasteiger partial charge < -0.3 is 15.0 Å². The van der Waals surface area contributed by atoms with Gasteiger partial charge >= 0.3 is 0 Å². The van der Waals surface area contributed by atoms with Crippen LogP contribution in [0.15, 0.2) is 85.5 Å². The minimum absolute atomic E-state index is 0.738. The first-order chi connectivity index (χ1) is 15.8. The lowest BCUT2D eigenvalue weighted by Gasteiger charge is -2.13. The Kier molecular flexibility index (Phi) is 4.21. The van der Waals surface area contributed by atoms with Crippen LogP contribution in [0, 0.1) is 0 Å². The molecule has 0 spiro atoms. The first-order valence-electron chi connectivity index (χ1n) is 10.3. The fraction of sp³-hybridized carbons (Fsp3) is 0.0385. The topological polar surface area (TPSA) is 75.7 Å². The van der Waals surface area contributed by atoms with Crippen molar-refractivity contribution in [2.75, 3.05) is 12.4 Å². The molecule has 32 heavy (non-hydrogen) atoms. The standard InChI is InChI=1S/C26H19N5O/c1-32-25-13-24-21(12-20(25)18-10-16-4-2-3-5-22(16)28-14-18)26(30-15-29-24)31-19-6-7-23-17(11-19)8-9-27-23/h2-15,27H,1H3,(H,29,30,31). The normalized spacial score (nSPS) is 11.3. The van der Waals surface area contributed by atoms with Gasteiger partial charge in [-0.2, -0.15) is 0 Å². The minimum Gasteiger partial charge on any atom is -0.496 e. The Balaban J connectivity index is 1.49. The fourth-order valence-corrected chi connectivity index (χ4v) is 4.06. The molecule has 0 saturated carbocycles. The first kappa shape index (κ1) is 18.3. The van der Waals surface area contributed by atoms with Crippen molar-refractivity contribution in [3.63, 3.8) is 0 Å². The van der Waals surface area contributed by atoms with E-state index in [1.165, 1.54) is 0 Å². The van der Waals surface area contributed by atoms with Gasteiger partial charge in [-0.25, -0.2) is 9.97 Å². The summed E-state index contributed by atoms with van der Waals surface area (Å²) in [6.45, 7) is 0. The van der Waals surface area contributed by atoms with Crippen molar-refractivity contribution >= 4 is 44.2 Å². The molecular weight excluding hydrogens is 398 g/mol. The number of para-hydroxylation sites is 1. The number of pyridine rings is 1. The number of ether oxygens (including phenoxy) is 1. The maximum absolute atomic E-state index is 5.71. The van der Waals surface area contributed by atoms with Gasteiger partial charge in [-0.3, -0.25) is 4.98 Å². The Hall–Kier alpha value is -4.45. The van der Waals surface area contributed by atoms with E-state index in [1.54, 1.807) is 13.4 Å². The van der Waals surface area contributed by atoms with E-state index < -0.39 is 0 Å². The highest BCUT2D eigenvalue weighted by atomic mass is 16.5. The Morgan fingerprint density at radius 1 is 0.844 bits per heavy atom. The molecule has 6 rings (SSSR count). The van der Waals surface area contributed by atoms with Crippen molar-refractivity contribution < 1.29 is 4.74 Å². The van der Waals surface area contributed by atoms with Crippen molar-refractivity contribution in [2.24, 2.45) is 0 Å². The molecule has 0 unspecified atom stereocenters. The number of aromatic amines is 1. The van der Waals surface area contributed by atoms with Gasteiger partial charge in [0.1, 0.15) is 17.9 Å². The van der Waals surface area contributed by atoms with E-state index in [4.69, 9.17) is 4.74 Å². The van der Waals surface area contributed by atoms with Crippen LogP contribution in [0.4, 0.5) is 11.5 Å². The third-order valence-electron chi connectivity index (χ3n) is 5.67. The zero-order chi connectivity index (χ0) is 21.5. The molecule has 2 N–H and O–H groups in total. The Bertz CT molecular complexity index is 1610. The quantitative estimate of drug-likeness (QED) is 0.364. The van der Waals surface area contributed by atoms with Crippen LogP contribution in [0.25, 0.3) is 43.8 Å². The molecule has 6 heteroatoms. The average molecular weight is 417 g/mol. The number of methoxy groups -OCH3 is 1. The smallest absolute Gasteiger partial charge is 0.141 e. The van der Waals surface area contributed by atoms with Gasteiger partial charge in [0.25, 0.3) is 0 Å². The Morgan fingerprint density at radius 3 is 2.72 bits per heavy atom. The molecule has 3 heterocycles. The van der Waals surface area contributed by atoms with E-state index in [2.05, 4.69) is 55.6 Å². The summed E-state index contributed by atoms with van der Waals surface area (Å²) in [4.78, 5) is 16.8. The lowest BCUT2D eigenvalue weighted by Crippen LogP contribution is -1.98. The van der Waals surface area contributed by atoms with Crippen LogP contribution in [0.5, 0.6) is 5.75 Å². The van der Waals surface area contributed by atoms with Gasteiger partial charge in [0.2, 0.25) is 0 Å². The van der Waals surface area contributed by atoms with Gasteiger partial charge in [0, 0.05) is 56.9 Å². The van der Waals surface area contributed by atoms with Crippen LogP contribution < -0.4 is 10.1 Å². The summed E-state index contributed by atoms with van der Waals surface area (Å²) in [5.41, 5.74) is 5.74. The Morgan fingerprint density at radius 2 is 1.78 bits per heavy atom. The number of anilines is 2. The fourth-order valence-electron chi connectivity index (χ4n) is 4.06. The molecule has 6 aromatic rings. The second kappa shape index (κ2) is 7.35. The predicted molar refractivity (Wildman–Crippen MR) is 128 cm³/mol.